The van der Waals surface area contributed by atoms with Gasteiger partial charge in [-0.1, -0.05) is 19.1 Å². The highest BCUT2D eigenvalue weighted by atomic mass is 32.2. The van der Waals surface area contributed by atoms with E-state index in [9.17, 15) is 21.6 Å². The molecule has 1 atom stereocenters. The highest BCUT2D eigenvalue weighted by Crippen LogP contribution is 2.41. The predicted octanol–water partition coefficient (Wildman–Crippen LogP) is 2.88. The number of sulfone groups is 1. The number of rotatable bonds is 5. The molecule has 2 heterocycles. The van der Waals surface area contributed by atoms with Crippen LogP contribution >= 0.6 is 0 Å². The van der Waals surface area contributed by atoms with Gasteiger partial charge >= 0.3 is 6.36 Å². The van der Waals surface area contributed by atoms with E-state index in [2.05, 4.69) is 16.6 Å². The molecule has 8 heteroatoms. The molecule has 4 nitrogen and oxygen atoms in total. The first-order valence-electron chi connectivity index (χ1n) is 8.32. The number of hydrogen-bond donors (Lipinski definition) is 0. The third-order valence-electron chi connectivity index (χ3n) is 4.88. The van der Waals surface area contributed by atoms with Crippen LogP contribution in [0.3, 0.4) is 0 Å². The van der Waals surface area contributed by atoms with Crippen LogP contribution in [0.2, 0.25) is 0 Å². The van der Waals surface area contributed by atoms with Gasteiger partial charge < -0.3 is 9.64 Å². The van der Waals surface area contributed by atoms with Crippen LogP contribution in [-0.2, 0) is 16.3 Å². The average Bonchev–Trinajstić information content (AvgIpc) is 2.81. The van der Waals surface area contributed by atoms with Crippen LogP contribution in [0, 0.1) is 11.3 Å². The fourth-order valence-corrected chi connectivity index (χ4v) is 6.30. The number of hydrogen-bond acceptors (Lipinski definition) is 4. The molecular weight excluding hydrogens is 355 g/mol. The predicted molar refractivity (Wildman–Crippen MR) is 88.1 cm³/mol. The molecular formula is C17H22F3NO3S. The second-order valence-electron chi connectivity index (χ2n) is 7.52. The van der Waals surface area contributed by atoms with Gasteiger partial charge in [-0.3, -0.25) is 0 Å². The SMILES string of the molecule is CC(Cc1ccc(OC(F)(F)F)cc1)CN1CCC2(C1)CS(=O)(=O)C2. The molecule has 140 valence electrons. The zero-order valence-electron chi connectivity index (χ0n) is 14.1. The summed E-state index contributed by atoms with van der Waals surface area (Å²) >= 11 is 0. The van der Waals surface area contributed by atoms with Gasteiger partial charge in [0, 0.05) is 18.5 Å². The summed E-state index contributed by atoms with van der Waals surface area (Å²) in [4.78, 5) is 2.31. The number of nitrogens with zero attached hydrogens (tertiary/aromatic N) is 1. The summed E-state index contributed by atoms with van der Waals surface area (Å²) in [5.41, 5.74) is 0.928. The van der Waals surface area contributed by atoms with E-state index in [1.165, 1.54) is 12.1 Å². The normalized spacial score (nSPS) is 23.4. The van der Waals surface area contributed by atoms with Crippen LogP contribution in [-0.4, -0.2) is 50.8 Å². The summed E-state index contributed by atoms with van der Waals surface area (Å²) in [6.45, 7) is 4.71. The van der Waals surface area contributed by atoms with Crippen molar-refractivity contribution in [3.8, 4) is 5.75 Å². The molecule has 2 saturated heterocycles. The molecule has 2 aliphatic rings. The van der Waals surface area contributed by atoms with Gasteiger partial charge in [-0.05, 0) is 43.0 Å². The van der Waals surface area contributed by atoms with Gasteiger partial charge in [-0.2, -0.15) is 0 Å². The molecule has 1 aromatic rings. The minimum Gasteiger partial charge on any atom is -0.406 e. The highest BCUT2D eigenvalue weighted by molar-refractivity contribution is 7.92. The van der Waals surface area contributed by atoms with Gasteiger partial charge in [0.1, 0.15) is 5.75 Å². The van der Waals surface area contributed by atoms with E-state index in [-0.39, 0.29) is 11.2 Å². The Morgan fingerprint density at radius 1 is 1.24 bits per heavy atom. The standard InChI is InChI=1S/C17H22F3NO3S/c1-13(8-14-2-4-15(5-3-14)24-17(18,19)20)9-21-7-6-16(10-21)11-25(22,23)12-16/h2-5,13H,6-12H2,1H3. The Kier molecular flexibility index (Phi) is 4.79. The first-order valence-corrected chi connectivity index (χ1v) is 10.1. The van der Waals surface area contributed by atoms with Crippen molar-refractivity contribution in [2.45, 2.75) is 26.1 Å². The molecule has 1 aromatic carbocycles. The Morgan fingerprint density at radius 3 is 2.44 bits per heavy atom. The first kappa shape index (κ1) is 18.5. The lowest BCUT2D eigenvalue weighted by Gasteiger charge is -2.37. The smallest absolute Gasteiger partial charge is 0.406 e. The van der Waals surface area contributed by atoms with Crippen molar-refractivity contribution in [3.05, 3.63) is 29.8 Å². The van der Waals surface area contributed by atoms with E-state index in [0.717, 1.165) is 38.0 Å². The molecule has 1 spiro atoms. The van der Waals surface area contributed by atoms with Crippen molar-refractivity contribution >= 4 is 9.84 Å². The van der Waals surface area contributed by atoms with Crippen LogP contribution in [0.1, 0.15) is 18.9 Å². The van der Waals surface area contributed by atoms with E-state index in [4.69, 9.17) is 0 Å². The second kappa shape index (κ2) is 6.46. The van der Waals surface area contributed by atoms with Crippen molar-refractivity contribution in [1.82, 2.24) is 4.90 Å². The first-order chi connectivity index (χ1) is 11.5. The molecule has 0 radical (unpaired) electrons. The number of halogens is 3. The molecule has 2 aliphatic heterocycles. The van der Waals surface area contributed by atoms with Crippen molar-refractivity contribution < 1.29 is 26.3 Å². The Labute approximate surface area is 145 Å². The fraction of sp³-hybridized carbons (Fsp3) is 0.647. The van der Waals surface area contributed by atoms with Crippen molar-refractivity contribution in [1.29, 1.82) is 0 Å². The maximum atomic E-state index is 12.2. The Hall–Kier alpha value is -1.28. The van der Waals surface area contributed by atoms with Gasteiger partial charge in [0.25, 0.3) is 0 Å². The Morgan fingerprint density at radius 2 is 1.88 bits per heavy atom. The molecule has 0 bridgehead atoms. The van der Waals surface area contributed by atoms with Gasteiger partial charge in [0.2, 0.25) is 0 Å². The zero-order valence-corrected chi connectivity index (χ0v) is 14.9. The van der Waals surface area contributed by atoms with Gasteiger partial charge in [-0.25, -0.2) is 8.42 Å². The highest BCUT2D eigenvalue weighted by Gasteiger charge is 2.51. The number of ether oxygens (including phenoxy) is 1. The van der Waals surface area contributed by atoms with Crippen LogP contribution in [0.5, 0.6) is 5.75 Å². The third kappa shape index (κ3) is 4.88. The lowest BCUT2D eigenvalue weighted by molar-refractivity contribution is -0.274. The molecule has 0 N–H and O–H groups in total. The Bertz CT molecular complexity index is 704. The van der Waals surface area contributed by atoms with E-state index >= 15 is 0 Å². The summed E-state index contributed by atoms with van der Waals surface area (Å²) in [6, 6.07) is 5.97. The molecule has 25 heavy (non-hydrogen) atoms. The third-order valence-corrected chi connectivity index (χ3v) is 6.98. The van der Waals surface area contributed by atoms with Crippen molar-refractivity contribution in [2.24, 2.45) is 11.3 Å². The number of likely N-dealkylation sites (tertiary alicyclic amines) is 1. The monoisotopic (exact) mass is 377 g/mol. The lowest BCUT2D eigenvalue weighted by Crippen LogP contribution is -2.50. The van der Waals surface area contributed by atoms with E-state index in [0.29, 0.717) is 17.4 Å². The molecule has 0 aliphatic carbocycles. The van der Waals surface area contributed by atoms with E-state index in [1.807, 2.05) is 0 Å². The van der Waals surface area contributed by atoms with Crippen molar-refractivity contribution in [3.63, 3.8) is 0 Å². The van der Waals surface area contributed by atoms with Crippen LogP contribution < -0.4 is 4.74 Å². The van der Waals surface area contributed by atoms with Crippen LogP contribution in [0.15, 0.2) is 24.3 Å². The van der Waals surface area contributed by atoms with E-state index in [1.54, 1.807) is 12.1 Å². The summed E-state index contributed by atoms with van der Waals surface area (Å²) in [5.74, 6) is 0.745. The number of alkyl halides is 3. The molecule has 2 fully saturated rings. The quantitative estimate of drug-likeness (QED) is 0.792. The van der Waals surface area contributed by atoms with Crippen LogP contribution in [0.4, 0.5) is 13.2 Å². The summed E-state index contributed by atoms with van der Waals surface area (Å²) in [5, 5.41) is 0. The molecule has 0 saturated carbocycles. The summed E-state index contributed by atoms with van der Waals surface area (Å²) in [6.07, 6.45) is -2.98. The average molecular weight is 377 g/mol. The van der Waals surface area contributed by atoms with Crippen LogP contribution in [0.25, 0.3) is 0 Å². The van der Waals surface area contributed by atoms with Crippen molar-refractivity contribution in [2.75, 3.05) is 31.1 Å². The zero-order chi connectivity index (χ0) is 18.3. The fourth-order valence-electron chi connectivity index (χ4n) is 4.04. The summed E-state index contributed by atoms with van der Waals surface area (Å²) in [7, 11) is -2.81. The maximum Gasteiger partial charge on any atom is 0.573 e. The minimum absolute atomic E-state index is 0.0326. The largest absolute Gasteiger partial charge is 0.573 e. The molecule has 1 unspecified atom stereocenters. The molecule has 3 rings (SSSR count). The molecule has 0 amide bonds. The summed E-state index contributed by atoms with van der Waals surface area (Å²) < 4.78 is 63.2. The topological polar surface area (TPSA) is 46.6 Å². The van der Waals surface area contributed by atoms with Gasteiger partial charge in [0.05, 0.1) is 11.5 Å². The number of benzene rings is 1. The lowest BCUT2D eigenvalue weighted by atomic mass is 9.91. The molecule has 0 aromatic heterocycles. The Balaban J connectivity index is 1.47. The van der Waals surface area contributed by atoms with E-state index < -0.39 is 16.2 Å². The second-order valence-corrected chi connectivity index (χ2v) is 9.58. The maximum absolute atomic E-state index is 12.2. The van der Waals surface area contributed by atoms with Gasteiger partial charge in [-0.15, -0.1) is 13.2 Å². The van der Waals surface area contributed by atoms with Gasteiger partial charge in [0.15, 0.2) is 9.84 Å². The minimum atomic E-state index is -4.67.